The highest BCUT2D eigenvalue weighted by Crippen LogP contribution is 2.23. The number of morpholine rings is 1. The molecular weight excluding hydrogens is 387 g/mol. The number of halogens is 1. The number of aliphatic hydroxyl groups excluding tert-OH is 1. The minimum absolute atomic E-state index is 0.0664. The average Bonchev–Trinajstić information content (AvgIpc) is 2.77. The Bertz CT molecular complexity index is 922. The minimum atomic E-state index is -0.771. The number of aliphatic imine (C=N–C) groups is 1. The summed E-state index contributed by atoms with van der Waals surface area (Å²) in [7, 11) is 0. The zero-order chi connectivity index (χ0) is 21.3. The minimum Gasteiger partial charge on any atom is -0.506 e. The summed E-state index contributed by atoms with van der Waals surface area (Å²) in [6.45, 7) is 5.25. The maximum Gasteiger partial charge on any atom is 0.343 e. The highest BCUT2D eigenvalue weighted by molar-refractivity contribution is 6.15. The monoisotopic (exact) mass is 412 g/mol. The van der Waals surface area contributed by atoms with Crippen LogP contribution in [0.4, 0.5) is 10.1 Å². The number of carbonyl (C=O) groups excluding carboxylic acids is 1. The van der Waals surface area contributed by atoms with Crippen LogP contribution in [0.1, 0.15) is 18.1 Å². The number of rotatable bonds is 7. The second-order valence-electron chi connectivity index (χ2n) is 6.78. The summed E-state index contributed by atoms with van der Waals surface area (Å²) < 4.78 is 24.9. The smallest absolute Gasteiger partial charge is 0.343 e. The maximum atomic E-state index is 14.5. The van der Waals surface area contributed by atoms with Gasteiger partial charge in [0.15, 0.2) is 0 Å². The Morgan fingerprint density at radius 3 is 2.67 bits per heavy atom. The number of aliphatic hydroxyl groups is 1. The van der Waals surface area contributed by atoms with Crippen molar-refractivity contribution in [2.24, 2.45) is 4.99 Å². The third-order valence-electron chi connectivity index (χ3n) is 4.65. The molecule has 0 unspecified atom stereocenters. The lowest BCUT2D eigenvalue weighted by Gasteiger charge is -2.26. The van der Waals surface area contributed by atoms with Gasteiger partial charge in [0.2, 0.25) is 0 Å². The van der Waals surface area contributed by atoms with E-state index in [4.69, 9.17) is 9.47 Å². The molecule has 6 nitrogen and oxygen atoms in total. The average molecular weight is 412 g/mol. The van der Waals surface area contributed by atoms with Crippen LogP contribution in [0, 0.1) is 5.82 Å². The molecule has 158 valence electrons. The Morgan fingerprint density at radius 2 is 1.97 bits per heavy atom. The largest absolute Gasteiger partial charge is 0.506 e. The number of para-hydroxylation sites is 1. The SMILES string of the molecule is CCOC(=O)C(C=Nc1ccccc1)=C(O)c1cc(CN2CCOCC2)ccc1F. The molecular formula is C23H25FN2O4. The van der Waals surface area contributed by atoms with Gasteiger partial charge < -0.3 is 14.6 Å². The van der Waals surface area contributed by atoms with Crippen LogP contribution >= 0.6 is 0 Å². The summed E-state index contributed by atoms with van der Waals surface area (Å²) in [5, 5.41) is 10.8. The lowest BCUT2D eigenvalue weighted by molar-refractivity contribution is -0.137. The number of ether oxygens (including phenoxy) is 2. The van der Waals surface area contributed by atoms with E-state index in [1.807, 2.05) is 6.07 Å². The molecule has 0 spiro atoms. The Hall–Kier alpha value is -3.03. The lowest BCUT2D eigenvalue weighted by atomic mass is 10.0. The van der Waals surface area contributed by atoms with Gasteiger partial charge >= 0.3 is 5.97 Å². The molecule has 1 heterocycles. The Labute approximate surface area is 175 Å². The molecule has 30 heavy (non-hydrogen) atoms. The van der Waals surface area contributed by atoms with Crippen molar-refractivity contribution in [3.8, 4) is 0 Å². The molecule has 1 aliphatic rings. The molecule has 0 saturated carbocycles. The third-order valence-corrected chi connectivity index (χ3v) is 4.65. The zero-order valence-electron chi connectivity index (χ0n) is 16.9. The van der Waals surface area contributed by atoms with Crippen molar-refractivity contribution in [1.29, 1.82) is 0 Å². The van der Waals surface area contributed by atoms with E-state index in [2.05, 4.69) is 9.89 Å². The number of benzene rings is 2. The molecule has 0 bridgehead atoms. The van der Waals surface area contributed by atoms with Crippen LogP contribution in [-0.2, 0) is 20.8 Å². The molecule has 0 atom stereocenters. The molecule has 7 heteroatoms. The number of nitrogens with zero attached hydrogens (tertiary/aromatic N) is 2. The first-order valence-corrected chi connectivity index (χ1v) is 9.87. The van der Waals surface area contributed by atoms with Crippen molar-refractivity contribution in [1.82, 2.24) is 4.90 Å². The molecule has 1 saturated heterocycles. The Kier molecular flexibility index (Phi) is 7.70. The van der Waals surface area contributed by atoms with Crippen LogP contribution in [0.5, 0.6) is 0 Å². The van der Waals surface area contributed by atoms with Crippen molar-refractivity contribution in [3.63, 3.8) is 0 Å². The molecule has 2 aromatic carbocycles. The van der Waals surface area contributed by atoms with Gasteiger partial charge in [-0.15, -0.1) is 0 Å². The second-order valence-corrected chi connectivity index (χ2v) is 6.78. The van der Waals surface area contributed by atoms with Gasteiger partial charge in [0, 0.05) is 25.8 Å². The summed E-state index contributed by atoms with van der Waals surface area (Å²) in [6, 6.07) is 13.5. The Balaban J connectivity index is 1.94. The summed E-state index contributed by atoms with van der Waals surface area (Å²) in [5.41, 5.74) is 1.14. The van der Waals surface area contributed by atoms with Crippen molar-refractivity contribution in [2.75, 3.05) is 32.9 Å². The van der Waals surface area contributed by atoms with Crippen LogP contribution in [0.3, 0.4) is 0 Å². The maximum absolute atomic E-state index is 14.5. The van der Waals surface area contributed by atoms with Gasteiger partial charge in [-0.05, 0) is 36.8 Å². The van der Waals surface area contributed by atoms with Gasteiger partial charge in [-0.25, -0.2) is 9.18 Å². The van der Waals surface area contributed by atoms with E-state index in [1.165, 1.54) is 12.3 Å². The van der Waals surface area contributed by atoms with E-state index in [0.29, 0.717) is 25.4 Å². The van der Waals surface area contributed by atoms with E-state index in [1.54, 1.807) is 43.3 Å². The van der Waals surface area contributed by atoms with E-state index >= 15 is 0 Å². The van der Waals surface area contributed by atoms with Crippen LogP contribution in [-0.4, -0.2) is 55.1 Å². The summed E-state index contributed by atoms with van der Waals surface area (Å²) in [6.07, 6.45) is 1.21. The first-order valence-electron chi connectivity index (χ1n) is 9.87. The molecule has 0 radical (unpaired) electrons. The number of hydrogen-bond acceptors (Lipinski definition) is 6. The van der Waals surface area contributed by atoms with Crippen LogP contribution < -0.4 is 0 Å². The van der Waals surface area contributed by atoms with Crippen LogP contribution in [0.2, 0.25) is 0 Å². The predicted octanol–water partition coefficient (Wildman–Crippen LogP) is 3.89. The van der Waals surface area contributed by atoms with Gasteiger partial charge in [-0.1, -0.05) is 24.3 Å². The molecule has 0 aromatic heterocycles. The highest BCUT2D eigenvalue weighted by Gasteiger charge is 2.20. The van der Waals surface area contributed by atoms with Gasteiger partial charge in [0.05, 0.1) is 31.1 Å². The summed E-state index contributed by atoms with van der Waals surface area (Å²) >= 11 is 0. The number of carbonyl (C=O) groups is 1. The summed E-state index contributed by atoms with van der Waals surface area (Å²) in [5.74, 6) is -1.91. The fourth-order valence-electron chi connectivity index (χ4n) is 3.09. The van der Waals surface area contributed by atoms with Gasteiger partial charge in [0.25, 0.3) is 0 Å². The zero-order valence-corrected chi connectivity index (χ0v) is 16.9. The van der Waals surface area contributed by atoms with E-state index in [9.17, 15) is 14.3 Å². The van der Waals surface area contributed by atoms with Crippen molar-refractivity contribution in [3.05, 3.63) is 71.0 Å². The van der Waals surface area contributed by atoms with Gasteiger partial charge in [-0.3, -0.25) is 9.89 Å². The van der Waals surface area contributed by atoms with Crippen molar-refractivity contribution < 1.29 is 23.8 Å². The third kappa shape index (κ3) is 5.75. The van der Waals surface area contributed by atoms with E-state index < -0.39 is 17.5 Å². The molecule has 1 fully saturated rings. The lowest BCUT2D eigenvalue weighted by Crippen LogP contribution is -2.35. The molecule has 1 N–H and O–H groups in total. The quantitative estimate of drug-likeness (QED) is 0.323. The van der Waals surface area contributed by atoms with E-state index in [0.717, 1.165) is 18.7 Å². The molecule has 3 rings (SSSR count). The molecule has 0 aliphatic carbocycles. The van der Waals surface area contributed by atoms with Crippen LogP contribution in [0.25, 0.3) is 5.76 Å². The molecule has 0 amide bonds. The fraction of sp³-hybridized carbons (Fsp3) is 0.304. The Morgan fingerprint density at radius 1 is 1.23 bits per heavy atom. The topological polar surface area (TPSA) is 71.4 Å². The molecule has 1 aliphatic heterocycles. The normalized spacial score (nSPS) is 15.8. The van der Waals surface area contributed by atoms with Crippen molar-refractivity contribution in [2.45, 2.75) is 13.5 Å². The number of esters is 1. The predicted molar refractivity (Wildman–Crippen MR) is 113 cm³/mol. The second kappa shape index (κ2) is 10.7. The first-order chi connectivity index (χ1) is 14.6. The molecule has 2 aromatic rings. The van der Waals surface area contributed by atoms with E-state index in [-0.39, 0.29) is 17.7 Å². The highest BCUT2D eigenvalue weighted by atomic mass is 19.1. The number of hydrogen-bond donors (Lipinski definition) is 1. The first kappa shape index (κ1) is 21.7. The fourth-order valence-corrected chi connectivity index (χ4v) is 3.09. The summed E-state index contributed by atoms with van der Waals surface area (Å²) in [4.78, 5) is 18.8. The standard InChI is InChI=1S/C23H25FN2O4/c1-2-30-23(28)20(15-25-18-6-4-3-5-7-18)22(27)19-14-17(8-9-21(19)24)16-26-10-12-29-13-11-26/h3-9,14-15,27H,2,10-13,16H2,1H3. The van der Waals surface area contributed by atoms with Gasteiger partial charge in [0.1, 0.15) is 17.1 Å². The van der Waals surface area contributed by atoms with Crippen LogP contribution in [0.15, 0.2) is 59.1 Å². The van der Waals surface area contributed by atoms with Crippen molar-refractivity contribution >= 4 is 23.6 Å². The van der Waals surface area contributed by atoms with Gasteiger partial charge in [-0.2, -0.15) is 0 Å².